The molecule has 2 rings (SSSR count). The van der Waals surface area contributed by atoms with Gasteiger partial charge in [0.05, 0.1) is 5.71 Å². The van der Waals surface area contributed by atoms with Crippen molar-refractivity contribution in [3.63, 3.8) is 0 Å². The number of carbonyl (C=O) groups excluding carboxylic acids is 1. The highest BCUT2D eigenvalue weighted by Crippen LogP contribution is 2.15. The van der Waals surface area contributed by atoms with E-state index in [1.165, 1.54) is 0 Å². The molecule has 1 aromatic heterocycles. The van der Waals surface area contributed by atoms with E-state index < -0.39 is 0 Å². The molecule has 14 heavy (non-hydrogen) atoms. The van der Waals surface area contributed by atoms with E-state index >= 15 is 0 Å². The molecule has 0 fully saturated rings. The van der Waals surface area contributed by atoms with Crippen molar-refractivity contribution in [1.29, 1.82) is 0 Å². The molecule has 2 heterocycles. The zero-order chi connectivity index (χ0) is 10.1. The topological polar surface area (TPSA) is 55.2 Å². The first-order valence-corrected chi connectivity index (χ1v) is 4.59. The van der Waals surface area contributed by atoms with E-state index in [2.05, 4.69) is 15.0 Å². The lowest BCUT2D eigenvalue weighted by atomic mass is 9.99. The number of hydrogen-bond acceptors (Lipinski definition) is 4. The van der Waals surface area contributed by atoms with Gasteiger partial charge in [0.25, 0.3) is 0 Å². The summed E-state index contributed by atoms with van der Waals surface area (Å²) >= 11 is 0. The molecular formula is C10H11N3O. The fraction of sp³-hybridized carbons (Fsp3) is 0.400. The fourth-order valence-electron chi connectivity index (χ4n) is 1.49. The van der Waals surface area contributed by atoms with Crippen LogP contribution in [0.1, 0.15) is 30.0 Å². The number of aliphatic imine (C=N–C) groups is 1. The van der Waals surface area contributed by atoms with E-state index in [1.54, 1.807) is 12.4 Å². The zero-order valence-electron chi connectivity index (χ0n) is 8.19. The van der Waals surface area contributed by atoms with Gasteiger partial charge in [-0.3, -0.25) is 14.8 Å². The number of rotatable bonds is 1. The minimum atomic E-state index is -0.0440. The summed E-state index contributed by atoms with van der Waals surface area (Å²) in [4.78, 5) is 23.9. The van der Waals surface area contributed by atoms with E-state index in [-0.39, 0.29) is 18.2 Å². The zero-order valence-corrected chi connectivity index (χ0v) is 8.19. The first-order valence-electron chi connectivity index (χ1n) is 4.59. The third kappa shape index (κ3) is 1.32. The van der Waals surface area contributed by atoms with Gasteiger partial charge in [0.2, 0.25) is 5.78 Å². The summed E-state index contributed by atoms with van der Waals surface area (Å²) in [5.41, 5.74) is 2.00. The van der Waals surface area contributed by atoms with Crippen molar-refractivity contribution >= 4 is 11.5 Å². The minimum absolute atomic E-state index is 0.0440. The fourth-order valence-corrected chi connectivity index (χ4v) is 1.49. The van der Waals surface area contributed by atoms with Crippen molar-refractivity contribution in [3.05, 3.63) is 23.8 Å². The van der Waals surface area contributed by atoms with Gasteiger partial charge in [-0.2, -0.15) is 0 Å². The number of fused-ring (bicyclic) bond motifs is 1. The molecule has 0 bridgehead atoms. The Morgan fingerprint density at radius 2 is 1.86 bits per heavy atom. The Hall–Kier alpha value is -1.58. The summed E-state index contributed by atoms with van der Waals surface area (Å²) in [7, 11) is 0. The molecule has 0 aromatic carbocycles. The first-order chi connectivity index (χ1) is 6.70. The molecule has 0 unspecified atom stereocenters. The van der Waals surface area contributed by atoms with E-state index in [4.69, 9.17) is 0 Å². The molecule has 0 saturated carbocycles. The molecule has 72 valence electrons. The smallest absolute Gasteiger partial charge is 0.204 e. The van der Waals surface area contributed by atoms with Crippen molar-refractivity contribution in [1.82, 2.24) is 9.97 Å². The lowest BCUT2D eigenvalue weighted by Gasteiger charge is -2.15. The number of nitrogens with zero attached hydrogens (tertiary/aromatic N) is 3. The molecule has 0 aliphatic carbocycles. The Morgan fingerprint density at radius 3 is 2.50 bits per heavy atom. The highest BCUT2D eigenvalue weighted by molar-refractivity contribution is 6.13. The van der Waals surface area contributed by atoms with E-state index in [0.29, 0.717) is 11.4 Å². The lowest BCUT2D eigenvalue weighted by Crippen LogP contribution is -2.25. The Bertz CT molecular complexity index is 410. The molecule has 0 saturated heterocycles. The van der Waals surface area contributed by atoms with Crippen LogP contribution in [0.2, 0.25) is 0 Å². The van der Waals surface area contributed by atoms with Crippen molar-refractivity contribution in [3.8, 4) is 0 Å². The average Bonchev–Trinajstić information content (AvgIpc) is 2.18. The standard InChI is InChI=1S/C10H11N3O/c1-6(2)8-10-9(7(14)5-13-8)11-3-4-12-10/h3-4,6H,5H2,1-2H3. The number of ketones is 1. The van der Waals surface area contributed by atoms with Crippen LogP contribution in [0.3, 0.4) is 0 Å². The lowest BCUT2D eigenvalue weighted by molar-refractivity contribution is 0.0994. The summed E-state index contributed by atoms with van der Waals surface area (Å²) in [5.74, 6) is 0.232. The number of carbonyl (C=O) groups is 1. The van der Waals surface area contributed by atoms with E-state index in [9.17, 15) is 4.79 Å². The second kappa shape index (κ2) is 3.29. The largest absolute Gasteiger partial charge is 0.290 e. The first kappa shape index (κ1) is 8.99. The van der Waals surface area contributed by atoms with Crippen LogP contribution in [0, 0.1) is 5.92 Å². The maximum absolute atomic E-state index is 11.4. The molecule has 1 aromatic rings. The maximum atomic E-state index is 11.4. The maximum Gasteiger partial charge on any atom is 0.204 e. The Balaban J connectivity index is 2.57. The van der Waals surface area contributed by atoms with E-state index in [1.807, 2.05) is 13.8 Å². The highest BCUT2D eigenvalue weighted by atomic mass is 16.1. The van der Waals surface area contributed by atoms with E-state index in [0.717, 1.165) is 5.71 Å². The highest BCUT2D eigenvalue weighted by Gasteiger charge is 2.24. The van der Waals surface area contributed by atoms with Crippen LogP contribution < -0.4 is 0 Å². The van der Waals surface area contributed by atoms with Gasteiger partial charge in [-0.05, 0) is 5.92 Å². The monoisotopic (exact) mass is 189 g/mol. The second-order valence-electron chi connectivity index (χ2n) is 3.53. The number of Topliss-reactive ketones (excluding diaryl/α,β-unsaturated/α-hetero) is 1. The van der Waals surface area contributed by atoms with Crippen molar-refractivity contribution in [2.75, 3.05) is 6.54 Å². The molecule has 1 aliphatic rings. The Kier molecular flexibility index (Phi) is 2.11. The van der Waals surface area contributed by atoms with Crippen LogP contribution in [0.5, 0.6) is 0 Å². The number of aromatic nitrogens is 2. The van der Waals surface area contributed by atoms with Gasteiger partial charge in [-0.15, -0.1) is 0 Å². The molecule has 0 amide bonds. The van der Waals surface area contributed by atoms with Gasteiger partial charge in [0.1, 0.15) is 17.9 Å². The van der Waals surface area contributed by atoms with Gasteiger partial charge in [0.15, 0.2) is 0 Å². The summed E-state index contributed by atoms with van der Waals surface area (Å²) in [6.07, 6.45) is 3.13. The third-order valence-corrected chi connectivity index (χ3v) is 2.14. The Morgan fingerprint density at radius 1 is 1.21 bits per heavy atom. The van der Waals surface area contributed by atoms with Crippen LogP contribution in [0.4, 0.5) is 0 Å². The normalized spacial score (nSPS) is 15.4. The second-order valence-corrected chi connectivity index (χ2v) is 3.53. The van der Waals surface area contributed by atoms with Gasteiger partial charge < -0.3 is 0 Å². The molecular weight excluding hydrogens is 178 g/mol. The molecule has 4 nitrogen and oxygen atoms in total. The summed E-state index contributed by atoms with van der Waals surface area (Å²) < 4.78 is 0. The van der Waals surface area contributed by atoms with Crippen molar-refractivity contribution in [2.24, 2.45) is 10.9 Å². The van der Waals surface area contributed by atoms with Crippen LogP contribution in [-0.4, -0.2) is 28.0 Å². The van der Waals surface area contributed by atoms with Crippen molar-refractivity contribution in [2.45, 2.75) is 13.8 Å². The van der Waals surface area contributed by atoms with Gasteiger partial charge >= 0.3 is 0 Å². The summed E-state index contributed by atoms with van der Waals surface area (Å²) in [5, 5.41) is 0. The molecule has 1 aliphatic heterocycles. The van der Waals surface area contributed by atoms with Crippen molar-refractivity contribution < 1.29 is 4.79 Å². The van der Waals surface area contributed by atoms with Gasteiger partial charge in [0, 0.05) is 12.4 Å². The van der Waals surface area contributed by atoms with Crippen LogP contribution in [-0.2, 0) is 0 Å². The van der Waals surface area contributed by atoms with Gasteiger partial charge in [-0.25, -0.2) is 4.98 Å². The van der Waals surface area contributed by atoms with Gasteiger partial charge in [-0.1, -0.05) is 13.8 Å². The van der Waals surface area contributed by atoms with Crippen LogP contribution in [0.25, 0.3) is 0 Å². The average molecular weight is 189 g/mol. The SMILES string of the molecule is CC(C)C1=NCC(=O)c2nccnc21. The summed E-state index contributed by atoms with van der Waals surface area (Å²) in [6.45, 7) is 4.28. The molecule has 0 radical (unpaired) electrons. The molecule has 0 atom stereocenters. The molecule has 0 spiro atoms. The quantitative estimate of drug-likeness (QED) is 0.665. The predicted octanol–water partition coefficient (Wildman–Crippen LogP) is 1.12. The third-order valence-electron chi connectivity index (χ3n) is 2.14. The predicted molar refractivity (Wildman–Crippen MR) is 52.6 cm³/mol. The summed E-state index contributed by atoms with van der Waals surface area (Å²) in [6, 6.07) is 0. The van der Waals surface area contributed by atoms with Crippen LogP contribution in [0.15, 0.2) is 17.4 Å². The molecule has 4 heteroatoms. The Labute approximate surface area is 82.1 Å². The minimum Gasteiger partial charge on any atom is -0.290 e. The number of hydrogen-bond donors (Lipinski definition) is 0. The van der Waals surface area contributed by atoms with Crippen LogP contribution >= 0.6 is 0 Å². The molecule has 0 N–H and O–H groups in total.